The third-order valence-corrected chi connectivity index (χ3v) is 2.80. The quantitative estimate of drug-likeness (QED) is 0.914. The molecule has 0 radical (unpaired) electrons. The summed E-state index contributed by atoms with van der Waals surface area (Å²) in [6, 6.07) is 9.04. The standard InChI is InChI=1S/C15H15NO3/c1-3-19-12-5-6-13(10(2)8-12)14-7-4-11(9-16-14)15(17)18/h4-9H,3H2,1-2H3,(H,17,18). The van der Waals surface area contributed by atoms with Crippen LogP contribution < -0.4 is 4.74 Å². The number of aromatic nitrogens is 1. The highest BCUT2D eigenvalue weighted by atomic mass is 16.5. The minimum Gasteiger partial charge on any atom is -0.494 e. The molecular weight excluding hydrogens is 242 g/mol. The first-order chi connectivity index (χ1) is 9.11. The van der Waals surface area contributed by atoms with E-state index in [1.54, 1.807) is 12.1 Å². The molecule has 0 atom stereocenters. The fourth-order valence-corrected chi connectivity index (χ4v) is 1.86. The molecule has 0 saturated carbocycles. The van der Waals surface area contributed by atoms with Crippen LogP contribution in [0.4, 0.5) is 0 Å². The third kappa shape index (κ3) is 2.91. The van der Waals surface area contributed by atoms with Crippen molar-refractivity contribution < 1.29 is 14.6 Å². The summed E-state index contributed by atoms with van der Waals surface area (Å²) in [6.45, 7) is 4.55. The van der Waals surface area contributed by atoms with Crippen LogP contribution in [0.5, 0.6) is 5.75 Å². The molecule has 0 saturated heterocycles. The summed E-state index contributed by atoms with van der Waals surface area (Å²) in [5.74, 6) is -0.145. The highest BCUT2D eigenvalue weighted by Crippen LogP contribution is 2.25. The summed E-state index contributed by atoms with van der Waals surface area (Å²) in [7, 11) is 0. The Balaban J connectivity index is 2.33. The van der Waals surface area contributed by atoms with Gasteiger partial charge in [0.05, 0.1) is 17.9 Å². The minimum absolute atomic E-state index is 0.187. The molecule has 0 bridgehead atoms. The number of carboxylic acid groups (broad SMARTS) is 1. The van der Waals surface area contributed by atoms with Crippen molar-refractivity contribution in [3.63, 3.8) is 0 Å². The van der Waals surface area contributed by atoms with E-state index in [0.29, 0.717) is 6.61 Å². The second kappa shape index (κ2) is 5.52. The number of nitrogens with zero attached hydrogens (tertiary/aromatic N) is 1. The Hall–Kier alpha value is -2.36. The predicted octanol–water partition coefficient (Wildman–Crippen LogP) is 3.15. The fourth-order valence-electron chi connectivity index (χ4n) is 1.86. The van der Waals surface area contributed by atoms with Gasteiger partial charge in [-0.3, -0.25) is 4.98 Å². The van der Waals surface area contributed by atoms with E-state index in [1.165, 1.54) is 6.20 Å². The minimum atomic E-state index is -0.970. The molecule has 0 aliphatic carbocycles. The number of carbonyl (C=O) groups is 1. The van der Waals surface area contributed by atoms with E-state index < -0.39 is 5.97 Å². The van der Waals surface area contributed by atoms with E-state index in [1.807, 2.05) is 32.0 Å². The number of aromatic carboxylic acids is 1. The van der Waals surface area contributed by atoms with E-state index in [-0.39, 0.29) is 5.56 Å². The van der Waals surface area contributed by atoms with Gasteiger partial charge in [-0.15, -0.1) is 0 Å². The van der Waals surface area contributed by atoms with Crippen LogP contribution in [-0.4, -0.2) is 22.7 Å². The van der Waals surface area contributed by atoms with Crippen molar-refractivity contribution in [2.75, 3.05) is 6.61 Å². The van der Waals surface area contributed by atoms with E-state index in [0.717, 1.165) is 22.6 Å². The van der Waals surface area contributed by atoms with Crippen molar-refractivity contribution in [1.82, 2.24) is 4.98 Å². The molecule has 1 N–H and O–H groups in total. The summed E-state index contributed by atoms with van der Waals surface area (Å²) >= 11 is 0. The van der Waals surface area contributed by atoms with Crippen molar-refractivity contribution in [2.45, 2.75) is 13.8 Å². The third-order valence-electron chi connectivity index (χ3n) is 2.80. The highest BCUT2D eigenvalue weighted by molar-refractivity contribution is 5.87. The Bertz CT molecular complexity index is 591. The van der Waals surface area contributed by atoms with Gasteiger partial charge in [0.1, 0.15) is 5.75 Å². The molecule has 98 valence electrons. The van der Waals surface area contributed by atoms with E-state index in [9.17, 15) is 4.79 Å². The zero-order chi connectivity index (χ0) is 13.8. The maximum Gasteiger partial charge on any atom is 0.337 e. The van der Waals surface area contributed by atoms with Crippen LogP contribution in [0, 0.1) is 6.92 Å². The van der Waals surface area contributed by atoms with Crippen LogP contribution in [-0.2, 0) is 0 Å². The predicted molar refractivity (Wildman–Crippen MR) is 72.5 cm³/mol. The largest absolute Gasteiger partial charge is 0.494 e. The van der Waals surface area contributed by atoms with Gasteiger partial charge in [-0.1, -0.05) is 0 Å². The number of ether oxygens (including phenoxy) is 1. The molecule has 0 unspecified atom stereocenters. The number of aryl methyl sites for hydroxylation is 1. The van der Waals surface area contributed by atoms with Gasteiger partial charge in [0.15, 0.2) is 0 Å². The van der Waals surface area contributed by atoms with Gasteiger partial charge in [0.25, 0.3) is 0 Å². The average Bonchev–Trinajstić information content (AvgIpc) is 2.39. The Morgan fingerprint density at radius 3 is 2.63 bits per heavy atom. The monoisotopic (exact) mass is 257 g/mol. The Labute approximate surface area is 111 Å². The lowest BCUT2D eigenvalue weighted by molar-refractivity contribution is 0.0696. The maximum atomic E-state index is 10.8. The summed E-state index contributed by atoms with van der Waals surface area (Å²) in [5, 5.41) is 8.84. The molecule has 0 spiro atoms. The molecule has 19 heavy (non-hydrogen) atoms. The normalized spacial score (nSPS) is 10.2. The molecule has 1 aromatic carbocycles. The van der Waals surface area contributed by atoms with Crippen LogP contribution >= 0.6 is 0 Å². The van der Waals surface area contributed by atoms with Crippen LogP contribution in [0.3, 0.4) is 0 Å². The number of benzene rings is 1. The molecule has 0 amide bonds. The zero-order valence-electron chi connectivity index (χ0n) is 10.9. The Morgan fingerprint density at radius 2 is 2.11 bits per heavy atom. The molecule has 0 aliphatic heterocycles. The molecular formula is C15H15NO3. The number of hydrogen-bond acceptors (Lipinski definition) is 3. The van der Waals surface area contributed by atoms with E-state index >= 15 is 0 Å². The molecule has 0 fully saturated rings. The highest BCUT2D eigenvalue weighted by Gasteiger charge is 2.07. The van der Waals surface area contributed by atoms with Gasteiger partial charge >= 0.3 is 5.97 Å². The van der Waals surface area contributed by atoms with Crippen LogP contribution in [0.1, 0.15) is 22.8 Å². The van der Waals surface area contributed by atoms with Gasteiger partial charge in [-0.2, -0.15) is 0 Å². The van der Waals surface area contributed by atoms with Crippen molar-refractivity contribution in [3.8, 4) is 17.0 Å². The summed E-state index contributed by atoms with van der Waals surface area (Å²) < 4.78 is 5.43. The first-order valence-corrected chi connectivity index (χ1v) is 6.05. The number of pyridine rings is 1. The van der Waals surface area contributed by atoms with Crippen LogP contribution in [0.25, 0.3) is 11.3 Å². The molecule has 2 aromatic rings. The van der Waals surface area contributed by atoms with Gasteiger partial charge < -0.3 is 9.84 Å². The first-order valence-electron chi connectivity index (χ1n) is 6.05. The lowest BCUT2D eigenvalue weighted by atomic mass is 10.0. The number of carboxylic acids is 1. The van der Waals surface area contributed by atoms with E-state index in [2.05, 4.69) is 4.98 Å². The summed E-state index contributed by atoms with van der Waals surface area (Å²) in [5.41, 5.74) is 2.96. The topological polar surface area (TPSA) is 59.4 Å². The van der Waals surface area contributed by atoms with Gasteiger partial charge in [-0.25, -0.2) is 4.79 Å². The first kappa shape index (κ1) is 13.1. The molecule has 1 aromatic heterocycles. The average molecular weight is 257 g/mol. The lowest BCUT2D eigenvalue weighted by Gasteiger charge is -2.08. The van der Waals surface area contributed by atoms with Gasteiger partial charge in [0, 0.05) is 11.8 Å². The number of rotatable bonds is 4. The van der Waals surface area contributed by atoms with Crippen LogP contribution in [0.15, 0.2) is 36.5 Å². The molecule has 4 nitrogen and oxygen atoms in total. The van der Waals surface area contributed by atoms with E-state index in [4.69, 9.17) is 9.84 Å². The van der Waals surface area contributed by atoms with Crippen molar-refractivity contribution in [1.29, 1.82) is 0 Å². The number of hydrogen-bond donors (Lipinski definition) is 1. The summed E-state index contributed by atoms with van der Waals surface area (Å²) in [6.07, 6.45) is 1.37. The Kier molecular flexibility index (Phi) is 3.80. The van der Waals surface area contributed by atoms with Gasteiger partial charge in [-0.05, 0) is 49.7 Å². The smallest absolute Gasteiger partial charge is 0.337 e. The lowest BCUT2D eigenvalue weighted by Crippen LogP contribution is -1.98. The van der Waals surface area contributed by atoms with Crippen LogP contribution in [0.2, 0.25) is 0 Å². The summed E-state index contributed by atoms with van der Waals surface area (Å²) in [4.78, 5) is 15.0. The maximum absolute atomic E-state index is 10.8. The second-order valence-corrected chi connectivity index (χ2v) is 4.15. The molecule has 1 heterocycles. The van der Waals surface area contributed by atoms with Crippen molar-refractivity contribution >= 4 is 5.97 Å². The molecule has 2 rings (SSSR count). The second-order valence-electron chi connectivity index (χ2n) is 4.15. The molecule has 0 aliphatic rings. The molecule has 4 heteroatoms. The fraction of sp³-hybridized carbons (Fsp3) is 0.200. The zero-order valence-corrected chi connectivity index (χ0v) is 10.9. The van der Waals surface area contributed by atoms with Gasteiger partial charge in [0.2, 0.25) is 0 Å². The van der Waals surface area contributed by atoms with Crippen molar-refractivity contribution in [2.24, 2.45) is 0 Å². The van der Waals surface area contributed by atoms with Crippen molar-refractivity contribution in [3.05, 3.63) is 47.7 Å². The SMILES string of the molecule is CCOc1ccc(-c2ccc(C(=O)O)cn2)c(C)c1. The Morgan fingerprint density at radius 1 is 1.32 bits per heavy atom.